The number of hydrogen-bond donors (Lipinski definition) is 1. The first-order valence-electron chi connectivity index (χ1n) is 8.12. The third-order valence-corrected chi connectivity index (χ3v) is 4.63. The molecule has 0 saturated heterocycles. The van der Waals surface area contributed by atoms with Crippen LogP contribution in [0.1, 0.15) is 39.9 Å². The summed E-state index contributed by atoms with van der Waals surface area (Å²) >= 11 is 1.53. The Kier molecular flexibility index (Phi) is 6.63. The molecule has 7 heteroatoms. The number of halogens is 1. The fourth-order valence-electron chi connectivity index (χ4n) is 2.38. The van der Waals surface area contributed by atoms with E-state index in [0.29, 0.717) is 5.56 Å². The van der Waals surface area contributed by atoms with Gasteiger partial charge in [0.25, 0.3) is 5.91 Å². The van der Waals surface area contributed by atoms with E-state index >= 15 is 0 Å². The third-order valence-electron chi connectivity index (χ3n) is 3.67. The van der Waals surface area contributed by atoms with Crippen LogP contribution in [0.3, 0.4) is 0 Å². The summed E-state index contributed by atoms with van der Waals surface area (Å²) in [6.07, 6.45) is -1.13. The van der Waals surface area contributed by atoms with E-state index in [1.807, 2.05) is 19.9 Å². The van der Waals surface area contributed by atoms with Gasteiger partial charge in [-0.15, -0.1) is 11.3 Å². The summed E-state index contributed by atoms with van der Waals surface area (Å²) in [6, 6.07) is 7.21. The van der Waals surface area contributed by atoms with Gasteiger partial charge in [-0.2, -0.15) is 0 Å². The predicted molar refractivity (Wildman–Crippen MR) is 97.9 cm³/mol. The second-order valence-corrected chi connectivity index (χ2v) is 7.34. The van der Waals surface area contributed by atoms with Crippen LogP contribution >= 0.6 is 11.3 Å². The van der Waals surface area contributed by atoms with Gasteiger partial charge in [-0.25, -0.2) is 4.39 Å². The number of nitrogens with one attached hydrogen (secondary N) is 1. The molecule has 0 aliphatic carbocycles. The Morgan fingerprint density at radius 2 is 1.92 bits per heavy atom. The summed E-state index contributed by atoms with van der Waals surface area (Å²) in [7, 11) is 0. The number of thiophene rings is 1. The topological polar surface area (TPSA) is 72.5 Å². The number of aryl methyl sites for hydroxylation is 2. The minimum Gasteiger partial charge on any atom is -0.453 e. The molecule has 0 saturated carbocycles. The highest BCUT2D eigenvalue weighted by Crippen LogP contribution is 2.22. The molecule has 0 unspecified atom stereocenters. The number of rotatable bonds is 7. The van der Waals surface area contributed by atoms with E-state index in [0.717, 1.165) is 15.8 Å². The van der Waals surface area contributed by atoms with Gasteiger partial charge in [0.2, 0.25) is 0 Å². The first kappa shape index (κ1) is 19.8. The molecule has 5 nitrogen and oxygen atoms in total. The molecule has 1 aromatic carbocycles. The van der Waals surface area contributed by atoms with Gasteiger partial charge in [-0.3, -0.25) is 14.4 Å². The van der Waals surface area contributed by atoms with Gasteiger partial charge >= 0.3 is 5.97 Å². The van der Waals surface area contributed by atoms with E-state index in [4.69, 9.17) is 4.74 Å². The molecule has 1 aromatic heterocycles. The second-order valence-electron chi connectivity index (χ2n) is 5.88. The quantitative estimate of drug-likeness (QED) is 0.584. The number of hydrogen-bond acceptors (Lipinski definition) is 5. The van der Waals surface area contributed by atoms with E-state index in [2.05, 4.69) is 5.32 Å². The molecule has 26 heavy (non-hydrogen) atoms. The fraction of sp³-hybridized carbons (Fsp3) is 0.316. The Bertz CT molecular complexity index is 831. The number of carbonyl (C=O) groups is 3. The van der Waals surface area contributed by atoms with Gasteiger partial charge in [0.05, 0.1) is 6.42 Å². The van der Waals surface area contributed by atoms with E-state index in [1.54, 1.807) is 0 Å². The number of esters is 1. The number of Topliss-reactive ketones (excluding diaryl/α,β-unsaturated/α-hetero) is 1. The van der Waals surface area contributed by atoms with Crippen LogP contribution in [-0.4, -0.2) is 23.8 Å². The lowest BCUT2D eigenvalue weighted by Crippen LogP contribution is -2.30. The number of anilines is 1. The minimum atomic E-state index is -1.05. The van der Waals surface area contributed by atoms with Crippen molar-refractivity contribution in [1.82, 2.24) is 0 Å². The molecule has 1 amide bonds. The Hall–Kier alpha value is -2.54. The Labute approximate surface area is 155 Å². The zero-order chi connectivity index (χ0) is 19.3. The van der Waals surface area contributed by atoms with Crippen LogP contribution in [0.15, 0.2) is 30.3 Å². The van der Waals surface area contributed by atoms with Crippen LogP contribution in [0, 0.1) is 19.7 Å². The lowest BCUT2D eigenvalue weighted by atomic mass is 10.1. The normalized spacial score (nSPS) is 11.7. The van der Waals surface area contributed by atoms with Crippen LogP contribution in [0.2, 0.25) is 0 Å². The van der Waals surface area contributed by atoms with Crippen molar-refractivity contribution in [3.8, 4) is 0 Å². The summed E-state index contributed by atoms with van der Waals surface area (Å²) in [6.45, 7) is 5.20. The zero-order valence-corrected chi connectivity index (χ0v) is 15.6. The Morgan fingerprint density at radius 3 is 2.54 bits per heavy atom. The molecule has 0 radical (unpaired) electrons. The largest absolute Gasteiger partial charge is 0.453 e. The average molecular weight is 377 g/mol. The predicted octanol–water partition coefficient (Wildman–Crippen LogP) is 4.04. The molecule has 0 aliphatic heterocycles. The SMILES string of the molecule is Cc1cc(C(=O)CCC(=O)O[C@H](C)C(=O)Nc2cccc(F)c2)c(C)s1. The molecule has 0 spiro atoms. The van der Waals surface area contributed by atoms with E-state index in [9.17, 15) is 18.8 Å². The van der Waals surface area contributed by atoms with Crippen molar-refractivity contribution in [2.45, 2.75) is 39.7 Å². The van der Waals surface area contributed by atoms with Crippen molar-refractivity contribution >= 4 is 34.7 Å². The number of carbonyl (C=O) groups excluding carboxylic acids is 3. The van der Waals surface area contributed by atoms with Gasteiger partial charge in [-0.05, 0) is 45.0 Å². The van der Waals surface area contributed by atoms with Crippen LogP contribution in [0.4, 0.5) is 10.1 Å². The second kappa shape index (κ2) is 8.71. The van der Waals surface area contributed by atoms with Crippen LogP contribution < -0.4 is 5.32 Å². The highest BCUT2D eigenvalue weighted by molar-refractivity contribution is 7.12. The standard InChI is InChI=1S/C19H20FNO4S/c1-11-9-16(13(3)26-11)17(22)7-8-18(23)25-12(2)19(24)21-15-6-4-5-14(20)10-15/h4-6,9-10,12H,7-8H2,1-3H3,(H,21,24)/t12-/m1/s1. The molecule has 1 heterocycles. The van der Waals surface area contributed by atoms with E-state index < -0.39 is 23.8 Å². The Morgan fingerprint density at radius 1 is 1.19 bits per heavy atom. The summed E-state index contributed by atoms with van der Waals surface area (Å²) < 4.78 is 18.1. The van der Waals surface area contributed by atoms with Crippen molar-refractivity contribution in [2.24, 2.45) is 0 Å². The van der Waals surface area contributed by atoms with Crippen molar-refractivity contribution in [3.05, 3.63) is 51.5 Å². The minimum absolute atomic E-state index is 0.0219. The number of ketones is 1. The molecular formula is C19H20FNO4S. The molecule has 1 atom stereocenters. The van der Waals surface area contributed by atoms with Gasteiger partial charge in [0.1, 0.15) is 5.82 Å². The van der Waals surface area contributed by atoms with Crippen LogP contribution in [0.25, 0.3) is 0 Å². The summed E-state index contributed by atoms with van der Waals surface area (Å²) in [4.78, 5) is 38.0. The van der Waals surface area contributed by atoms with Gasteiger partial charge in [0, 0.05) is 27.4 Å². The summed E-state index contributed by atoms with van der Waals surface area (Å²) in [5.74, 6) is -1.81. The van der Waals surface area contributed by atoms with Gasteiger partial charge < -0.3 is 10.1 Å². The lowest BCUT2D eigenvalue weighted by Gasteiger charge is -2.13. The molecule has 1 N–H and O–H groups in total. The van der Waals surface area contributed by atoms with Crippen LogP contribution in [-0.2, 0) is 14.3 Å². The third kappa shape index (κ3) is 5.49. The summed E-state index contributed by atoms with van der Waals surface area (Å²) in [5.41, 5.74) is 0.897. The first-order valence-corrected chi connectivity index (χ1v) is 8.94. The molecule has 0 bridgehead atoms. The van der Waals surface area contributed by atoms with Gasteiger partial charge in [0.15, 0.2) is 11.9 Å². The number of benzene rings is 1. The monoisotopic (exact) mass is 377 g/mol. The highest BCUT2D eigenvalue weighted by atomic mass is 32.1. The number of amides is 1. The molecule has 138 valence electrons. The van der Waals surface area contributed by atoms with Crippen molar-refractivity contribution in [1.29, 1.82) is 0 Å². The Balaban J connectivity index is 1.82. The molecule has 0 aliphatic rings. The smallest absolute Gasteiger partial charge is 0.307 e. The first-order chi connectivity index (χ1) is 12.3. The van der Waals surface area contributed by atoms with Crippen LogP contribution in [0.5, 0.6) is 0 Å². The van der Waals surface area contributed by atoms with E-state index in [1.165, 1.54) is 36.5 Å². The van der Waals surface area contributed by atoms with E-state index in [-0.39, 0.29) is 24.3 Å². The maximum atomic E-state index is 13.1. The zero-order valence-electron chi connectivity index (χ0n) is 14.8. The van der Waals surface area contributed by atoms with Crippen molar-refractivity contribution < 1.29 is 23.5 Å². The lowest BCUT2D eigenvalue weighted by molar-refractivity contribution is -0.153. The highest BCUT2D eigenvalue weighted by Gasteiger charge is 2.20. The summed E-state index contributed by atoms with van der Waals surface area (Å²) in [5, 5.41) is 2.47. The molecule has 2 aromatic rings. The maximum Gasteiger partial charge on any atom is 0.307 e. The van der Waals surface area contributed by atoms with Gasteiger partial charge in [-0.1, -0.05) is 6.07 Å². The van der Waals surface area contributed by atoms with Crippen molar-refractivity contribution in [2.75, 3.05) is 5.32 Å². The van der Waals surface area contributed by atoms with Crippen molar-refractivity contribution in [3.63, 3.8) is 0 Å². The fourth-order valence-corrected chi connectivity index (χ4v) is 3.32. The number of ether oxygens (including phenoxy) is 1. The molecular weight excluding hydrogens is 357 g/mol. The average Bonchev–Trinajstić information content (AvgIpc) is 2.91. The molecule has 2 rings (SSSR count). The molecule has 0 fully saturated rings. The maximum absolute atomic E-state index is 13.1.